The molecule has 0 aliphatic carbocycles. The minimum absolute atomic E-state index is 0.144. The molecule has 5 aromatic rings. The van der Waals surface area contributed by atoms with Gasteiger partial charge in [0.15, 0.2) is 10.8 Å². The van der Waals surface area contributed by atoms with E-state index in [4.69, 9.17) is 4.74 Å². The zero-order valence-electron chi connectivity index (χ0n) is 20.0. The number of carbonyl (C=O) groups excluding carboxylic acids is 2. The van der Waals surface area contributed by atoms with Crippen LogP contribution in [0.5, 0.6) is 5.75 Å². The molecule has 1 aliphatic heterocycles. The summed E-state index contributed by atoms with van der Waals surface area (Å²) < 4.78 is 7.08. The highest BCUT2D eigenvalue weighted by Gasteiger charge is 2.30. The lowest BCUT2D eigenvalue weighted by Crippen LogP contribution is -2.26. The van der Waals surface area contributed by atoms with Gasteiger partial charge in [-0.05, 0) is 31.2 Å². The molecule has 0 bridgehead atoms. The van der Waals surface area contributed by atoms with E-state index in [0.717, 1.165) is 27.4 Å². The number of carbonyl (C=O) groups is 2. The number of aromatic nitrogens is 5. The van der Waals surface area contributed by atoms with Crippen molar-refractivity contribution in [3.05, 3.63) is 88.6 Å². The average Bonchev–Trinajstić information content (AvgIpc) is 3.61. The number of ether oxygens (including phenoxy) is 1. The van der Waals surface area contributed by atoms with Crippen molar-refractivity contribution in [1.82, 2.24) is 29.5 Å². The molecule has 0 saturated heterocycles. The number of thiazole rings is 1. The molecule has 1 N–H and O–H groups in total. The van der Waals surface area contributed by atoms with Crippen molar-refractivity contribution < 1.29 is 14.3 Å². The first kappa shape index (κ1) is 22.8. The second kappa shape index (κ2) is 9.10. The molecule has 11 heteroatoms. The molecule has 5 heterocycles. The second-order valence-electron chi connectivity index (χ2n) is 8.51. The van der Waals surface area contributed by atoms with Crippen molar-refractivity contribution in [1.29, 1.82) is 0 Å². The van der Waals surface area contributed by atoms with Crippen LogP contribution in [0, 0.1) is 6.92 Å². The fraction of sp³-hybridized carbons (Fsp3) is 0.154. The molecule has 0 radical (unpaired) electrons. The van der Waals surface area contributed by atoms with Gasteiger partial charge in [-0.25, -0.2) is 14.5 Å². The Hall–Kier alpha value is -4.64. The van der Waals surface area contributed by atoms with Crippen LogP contribution in [0.3, 0.4) is 0 Å². The maximum atomic E-state index is 13.3. The number of fused-ring (bicyclic) bond motifs is 2. The van der Waals surface area contributed by atoms with Crippen LogP contribution in [0.15, 0.2) is 60.9 Å². The first-order valence-electron chi connectivity index (χ1n) is 11.5. The number of methoxy groups -OCH3 is 1. The molecule has 1 aliphatic rings. The lowest BCUT2D eigenvalue weighted by molar-refractivity contribution is 0.0738. The first-order valence-corrected chi connectivity index (χ1v) is 12.3. The molecule has 6 rings (SSSR count). The van der Waals surface area contributed by atoms with Crippen LogP contribution in [0.4, 0.5) is 5.13 Å². The van der Waals surface area contributed by atoms with Crippen LogP contribution in [0.2, 0.25) is 0 Å². The van der Waals surface area contributed by atoms with Crippen LogP contribution in [0.1, 0.15) is 37.2 Å². The number of aryl methyl sites for hydroxylation is 1. The normalized spacial score (nSPS) is 12.5. The highest BCUT2D eigenvalue weighted by Crippen LogP contribution is 2.34. The summed E-state index contributed by atoms with van der Waals surface area (Å²) in [7, 11) is 1.60. The molecule has 0 spiro atoms. The summed E-state index contributed by atoms with van der Waals surface area (Å²) >= 11 is 1.35. The van der Waals surface area contributed by atoms with Crippen LogP contribution < -0.4 is 10.1 Å². The Bertz CT molecular complexity index is 1620. The lowest BCUT2D eigenvalue weighted by Gasteiger charge is -2.14. The monoisotopic (exact) mass is 511 g/mol. The van der Waals surface area contributed by atoms with E-state index in [1.54, 1.807) is 35.0 Å². The van der Waals surface area contributed by atoms with Crippen molar-refractivity contribution in [3.63, 3.8) is 0 Å². The lowest BCUT2D eigenvalue weighted by atomic mass is 9.99. The summed E-state index contributed by atoms with van der Waals surface area (Å²) in [6, 6.07) is 14.9. The number of rotatable bonds is 5. The van der Waals surface area contributed by atoms with E-state index < -0.39 is 0 Å². The van der Waals surface area contributed by atoms with Gasteiger partial charge < -0.3 is 9.64 Å². The molecule has 10 nitrogen and oxygen atoms in total. The molecule has 4 aromatic heterocycles. The van der Waals surface area contributed by atoms with Gasteiger partial charge in [0.1, 0.15) is 5.75 Å². The van der Waals surface area contributed by atoms with E-state index in [-0.39, 0.29) is 17.6 Å². The van der Waals surface area contributed by atoms with Gasteiger partial charge in [-0.15, -0.1) is 5.10 Å². The van der Waals surface area contributed by atoms with Crippen molar-refractivity contribution in [3.8, 4) is 16.9 Å². The fourth-order valence-corrected chi connectivity index (χ4v) is 5.28. The largest absolute Gasteiger partial charge is 0.496 e. The Morgan fingerprint density at radius 1 is 1.05 bits per heavy atom. The molecular weight excluding hydrogens is 490 g/mol. The average molecular weight is 512 g/mol. The van der Waals surface area contributed by atoms with E-state index in [9.17, 15) is 9.59 Å². The zero-order chi connectivity index (χ0) is 25.5. The van der Waals surface area contributed by atoms with E-state index in [1.165, 1.54) is 11.3 Å². The number of hydrogen-bond acceptors (Lipinski definition) is 8. The van der Waals surface area contributed by atoms with Gasteiger partial charge in [-0.3, -0.25) is 19.9 Å². The second-order valence-corrected chi connectivity index (χ2v) is 9.60. The molecule has 2 amide bonds. The maximum absolute atomic E-state index is 13.3. The van der Waals surface area contributed by atoms with Gasteiger partial charge in [0.05, 0.1) is 36.3 Å². The van der Waals surface area contributed by atoms with Gasteiger partial charge in [0.2, 0.25) is 5.82 Å². The van der Waals surface area contributed by atoms with Gasteiger partial charge in [-0.1, -0.05) is 35.6 Å². The number of nitrogens with zero attached hydrogens (tertiary/aromatic N) is 6. The third kappa shape index (κ3) is 4.19. The Kier molecular flexibility index (Phi) is 5.61. The summed E-state index contributed by atoms with van der Waals surface area (Å²) in [6.45, 7) is 2.59. The molecule has 0 atom stereocenters. The number of amides is 2. The Labute approximate surface area is 215 Å². The van der Waals surface area contributed by atoms with Gasteiger partial charge in [0, 0.05) is 29.2 Å². The van der Waals surface area contributed by atoms with E-state index in [0.29, 0.717) is 35.2 Å². The van der Waals surface area contributed by atoms with E-state index in [2.05, 4.69) is 25.4 Å². The number of benzene rings is 1. The van der Waals surface area contributed by atoms with Crippen molar-refractivity contribution in [2.24, 2.45) is 0 Å². The van der Waals surface area contributed by atoms with Crippen molar-refractivity contribution >= 4 is 33.9 Å². The minimum Gasteiger partial charge on any atom is -0.496 e. The van der Waals surface area contributed by atoms with Crippen molar-refractivity contribution in [2.75, 3.05) is 12.4 Å². The summed E-state index contributed by atoms with van der Waals surface area (Å²) in [5.74, 6) is 0.236. The fourth-order valence-electron chi connectivity index (χ4n) is 4.30. The van der Waals surface area contributed by atoms with Gasteiger partial charge >= 0.3 is 0 Å². The van der Waals surface area contributed by atoms with Crippen LogP contribution in [-0.4, -0.2) is 48.4 Å². The van der Waals surface area contributed by atoms with Gasteiger partial charge in [0.25, 0.3) is 11.8 Å². The summed E-state index contributed by atoms with van der Waals surface area (Å²) in [4.78, 5) is 42.0. The van der Waals surface area contributed by atoms with Gasteiger partial charge in [-0.2, -0.15) is 0 Å². The molecule has 37 heavy (non-hydrogen) atoms. The summed E-state index contributed by atoms with van der Waals surface area (Å²) in [5.41, 5.74) is 4.10. The van der Waals surface area contributed by atoms with Crippen LogP contribution >= 0.6 is 11.3 Å². The Balaban J connectivity index is 1.20. The standard InChI is InChI=1S/C26H21N7O3S/c1-15-11-17(16-7-3-4-8-20(16)36-2)18(12-27-15)24(34)30-26-28-19-13-32(14-21(19)37-26)25(35)23-29-22-9-5-6-10-33(22)31-23/h3-12H,13-14H2,1-2H3,(H,28,30,34). The molecule has 0 unspecified atom stereocenters. The highest BCUT2D eigenvalue weighted by atomic mass is 32.1. The van der Waals surface area contributed by atoms with Crippen molar-refractivity contribution in [2.45, 2.75) is 20.0 Å². The third-order valence-corrected chi connectivity index (χ3v) is 7.07. The number of para-hydroxylation sites is 1. The van der Waals surface area contributed by atoms with E-state index in [1.807, 2.05) is 49.4 Å². The number of nitrogens with one attached hydrogen (secondary N) is 1. The summed E-state index contributed by atoms with van der Waals surface area (Å²) in [5, 5.41) is 7.65. The molecule has 184 valence electrons. The first-order chi connectivity index (χ1) is 18.0. The quantitative estimate of drug-likeness (QED) is 0.380. The smallest absolute Gasteiger partial charge is 0.294 e. The predicted octanol–water partition coefficient (Wildman–Crippen LogP) is 3.97. The van der Waals surface area contributed by atoms with Crippen LogP contribution in [0.25, 0.3) is 16.8 Å². The topological polar surface area (TPSA) is 115 Å². The SMILES string of the molecule is COc1ccccc1-c1cc(C)ncc1C(=O)Nc1nc2c(s1)CN(C(=O)c1nc3ccccn3n1)C2. The highest BCUT2D eigenvalue weighted by molar-refractivity contribution is 7.16. The Morgan fingerprint density at radius 2 is 1.89 bits per heavy atom. The number of hydrogen-bond donors (Lipinski definition) is 1. The maximum Gasteiger partial charge on any atom is 0.294 e. The predicted molar refractivity (Wildman–Crippen MR) is 138 cm³/mol. The number of pyridine rings is 2. The molecule has 0 fully saturated rings. The zero-order valence-corrected chi connectivity index (χ0v) is 20.8. The Morgan fingerprint density at radius 3 is 2.70 bits per heavy atom. The third-order valence-electron chi connectivity index (χ3n) is 6.08. The van der Waals surface area contributed by atoms with E-state index >= 15 is 0 Å². The molecule has 0 saturated carbocycles. The minimum atomic E-state index is -0.317. The molecular formula is C26H21N7O3S. The number of anilines is 1. The van der Waals surface area contributed by atoms with Crippen LogP contribution in [-0.2, 0) is 13.1 Å². The summed E-state index contributed by atoms with van der Waals surface area (Å²) in [6.07, 6.45) is 3.31. The molecule has 1 aromatic carbocycles.